The topological polar surface area (TPSA) is 30.5 Å². The minimum absolute atomic E-state index is 0.00781. The normalized spacial score (nSPS) is 14.4. The number of halogens is 4. The fourth-order valence-corrected chi connectivity index (χ4v) is 1.22. The lowest BCUT2D eigenvalue weighted by atomic mass is 10.3. The molecule has 0 bridgehead atoms. The van der Waals surface area contributed by atoms with Gasteiger partial charge in [0.1, 0.15) is 6.61 Å². The fourth-order valence-electron chi connectivity index (χ4n) is 1.22. The zero-order valence-corrected chi connectivity index (χ0v) is 11.6. The van der Waals surface area contributed by atoms with Crippen LogP contribution in [0.3, 0.4) is 0 Å². The molecule has 0 aliphatic heterocycles. The van der Waals surface area contributed by atoms with Crippen LogP contribution in [0, 0.1) is 0 Å². The Labute approximate surface area is 111 Å². The third-order valence-corrected chi connectivity index (χ3v) is 2.25. The average Bonchev–Trinajstić information content (AvgIpc) is 2.31. The molecule has 3 nitrogen and oxygen atoms in total. The molecule has 0 fully saturated rings. The third-order valence-electron chi connectivity index (χ3n) is 2.25. The minimum Gasteiger partial charge on any atom is -0.377 e. The standard InChI is InChI=1S/C12H23F4NO2/c1-4-5-17-10(7-19-9(2)3)6-18-8-12(15,16)11(13)14/h9-11,17H,4-8H2,1-3H3. The monoisotopic (exact) mass is 289 g/mol. The lowest BCUT2D eigenvalue weighted by Gasteiger charge is -2.22. The second-order valence-electron chi connectivity index (χ2n) is 4.61. The summed E-state index contributed by atoms with van der Waals surface area (Å²) in [6, 6.07) is -0.282. The van der Waals surface area contributed by atoms with Gasteiger partial charge in [-0.3, -0.25) is 0 Å². The van der Waals surface area contributed by atoms with Crippen molar-refractivity contribution < 1.29 is 27.0 Å². The Morgan fingerprint density at radius 1 is 1.16 bits per heavy atom. The van der Waals surface area contributed by atoms with E-state index < -0.39 is 19.0 Å². The van der Waals surface area contributed by atoms with Crippen molar-refractivity contribution in [2.45, 2.75) is 51.7 Å². The van der Waals surface area contributed by atoms with E-state index in [0.29, 0.717) is 6.54 Å². The number of ether oxygens (including phenoxy) is 2. The van der Waals surface area contributed by atoms with Gasteiger partial charge in [0.25, 0.3) is 0 Å². The van der Waals surface area contributed by atoms with Crippen molar-refractivity contribution in [3.63, 3.8) is 0 Å². The summed E-state index contributed by atoms with van der Waals surface area (Å²) >= 11 is 0. The first kappa shape index (κ1) is 18.6. The second kappa shape index (κ2) is 9.50. The maximum absolute atomic E-state index is 12.6. The second-order valence-corrected chi connectivity index (χ2v) is 4.61. The summed E-state index contributed by atoms with van der Waals surface area (Å²) in [4.78, 5) is 0. The first-order valence-electron chi connectivity index (χ1n) is 6.38. The SMILES string of the molecule is CCCNC(COCC(F)(F)C(F)F)COC(C)C. The summed E-state index contributed by atoms with van der Waals surface area (Å²) in [5.41, 5.74) is 0. The molecule has 19 heavy (non-hydrogen) atoms. The van der Waals surface area contributed by atoms with Gasteiger partial charge in [-0.1, -0.05) is 6.92 Å². The van der Waals surface area contributed by atoms with Gasteiger partial charge in [0.2, 0.25) is 0 Å². The molecule has 1 N–H and O–H groups in total. The zero-order chi connectivity index (χ0) is 14.9. The molecular weight excluding hydrogens is 266 g/mol. The van der Waals surface area contributed by atoms with Crippen LogP contribution in [0.1, 0.15) is 27.2 Å². The van der Waals surface area contributed by atoms with E-state index in [-0.39, 0.29) is 25.4 Å². The van der Waals surface area contributed by atoms with Crippen LogP contribution in [-0.2, 0) is 9.47 Å². The van der Waals surface area contributed by atoms with E-state index in [9.17, 15) is 17.6 Å². The quantitative estimate of drug-likeness (QED) is 0.593. The molecule has 0 saturated heterocycles. The number of hydrogen-bond donors (Lipinski definition) is 1. The van der Waals surface area contributed by atoms with Gasteiger partial charge in [0.15, 0.2) is 0 Å². The third kappa shape index (κ3) is 9.18. The molecular formula is C12H23F4NO2. The summed E-state index contributed by atoms with van der Waals surface area (Å²) in [5, 5.41) is 3.06. The Bertz CT molecular complexity index is 228. The van der Waals surface area contributed by atoms with E-state index in [2.05, 4.69) is 10.1 Å². The van der Waals surface area contributed by atoms with Gasteiger partial charge >= 0.3 is 12.3 Å². The van der Waals surface area contributed by atoms with E-state index in [0.717, 1.165) is 6.42 Å². The van der Waals surface area contributed by atoms with Gasteiger partial charge in [-0.05, 0) is 26.8 Å². The number of nitrogens with one attached hydrogen (secondary N) is 1. The average molecular weight is 289 g/mol. The van der Waals surface area contributed by atoms with Crippen LogP contribution in [0.4, 0.5) is 17.6 Å². The molecule has 7 heteroatoms. The summed E-state index contributed by atoms with van der Waals surface area (Å²) in [6.07, 6.45) is -2.83. The van der Waals surface area contributed by atoms with Crippen LogP contribution >= 0.6 is 0 Å². The van der Waals surface area contributed by atoms with Crippen LogP contribution in [0.25, 0.3) is 0 Å². The van der Waals surface area contributed by atoms with Crippen molar-refractivity contribution >= 4 is 0 Å². The highest BCUT2D eigenvalue weighted by Gasteiger charge is 2.41. The summed E-state index contributed by atoms with van der Waals surface area (Å²) in [7, 11) is 0. The van der Waals surface area contributed by atoms with E-state index in [4.69, 9.17) is 4.74 Å². The van der Waals surface area contributed by atoms with Crippen molar-refractivity contribution in [2.75, 3.05) is 26.4 Å². The lowest BCUT2D eigenvalue weighted by molar-refractivity contribution is -0.168. The van der Waals surface area contributed by atoms with E-state index in [1.807, 2.05) is 20.8 Å². The molecule has 0 aromatic carbocycles. The molecule has 0 heterocycles. The number of rotatable bonds is 11. The molecule has 1 atom stereocenters. The van der Waals surface area contributed by atoms with Crippen LogP contribution in [0.2, 0.25) is 0 Å². The molecule has 0 aromatic rings. The predicted octanol–water partition coefficient (Wildman–Crippen LogP) is 2.70. The summed E-state index contributed by atoms with van der Waals surface area (Å²) < 4.78 is 59.2. The smallest absolute Gasteiger partial charge is 0.330 e. The Morgan fingerprint density at radius 3 is 2.26 bits per heavy atom. The van der Waals surface area contributed by atoms with E-state index in [1.54, 1.807) is 0 Å². The molecule has 116 valence electrons. The highest BCUT2D eigenvalue weighted by Crippen LogP contribution is 2.22. The molecule has 1 unspecified atom stereocenters. The summed E-state index contributed by atoms with van der Waals surface area (Å²) in [6.45, 7) is 5.26. The van der Waals surface area contributed by atoms with E-state index >= 15 is 0 Å². The van der Waals surface area contributed by atoms with Crippen LogP contribution in [-0.4, -0.2) is 50.9 Å². The number of alkyl halides is 4. The highest BCUT2D eigenvalue weighted by atomic mass is 19.3. The molecule has 0 aliphatic carbocycles. The van der Waals surface area contributed by atoms with Crippen LogP contribution in [0.5, 0.6) is 0 Å². The van der Waals surface area contributed by atoms with Gasteiger partial charge in [-0.2, -0.15) is 8.78 Å². The Hall–Kier alpha value is -0.400. The Balaban J connectivity index is 4.03. The number of hydrogen-bond acceptors (Lipinski definition) is 3. The molecule has 0 aromatic heterocycles. The van der Waals surface area contributed by atoms with Gasteiger partial charge in [0.05, 0.1) is 25.4 Å². The van der Waals surface area contributed by atoms with Gasteiger partial charge in [-0.25, -0.2) is 8.78 Å². The minimum atomic E-state index is -4.10. The highest BCUT2D eigenvalue weighted by molar-refractivity contribution is 4.70. The molecule has 0 radical (unpaired) electrons. The molecule has 0 saturated carbocycles. The predicted molar refractivity (Wildman–Crippen MR) is 64.9 cm³/mol. The van der Waals surface area contributed by atoms with E-state index in [1.165, 1.54) is 0 Å². The van der Waals surface area contributed by atoms with Crippen LogP contribution in [0.15, 0.2) is 0 Å². The molecule has 0 aliphatic rings. The first-order valence-corrected chi connectivity index (χ1v) is 6.38. The molecule has 0 spiro atoms. The Kier molecular flexibility index (Phi) is 9.30. The van der Waals surface area contributed by atoms with Crippen molar-refractivity contribution in [1.29, 1.82) is 0 Å². The van der Waals surface area contributed by atoms with Crippen molar-refractivity contribution in [3.05, 3.63) is 0 Å². The van der Waals surface area contributed by atoms with Gasteiger partial charge in [0, 0.05) is 0 Å². The molecule has 0 amide bonds. The summed E-state index contributed by atoms with van der Waals surface area (Å²) in [5.74, 6) is -4.10. The van der Waals surface area contributed by atoms with Crippen molar-refractivity contribution in [1.82, 2.24) is 5.32 Å². The lowest BCUT2D eigenvalue weighted by Crippen LogP contribution is -2.41. The first-order chi connectivity index (χ1) is 8.79. The largest absolute Gasteiger partial charge is 0.377 e. The van der Waals surface area contributed by atoms with Crippen LogP contribution < -0.4 is 5.32 Å². The van der Waals surface area contributed by atoms with Crippen molar-refractivity contribution in [2.24, 2.45) is 0 Å². The molecule has 0 rings (SSSR count). The maximum atomic E-state index is 12.6. The zero-order valence-electron chi connectivity index (χ0n) is 11.6. The van der Waals surface area contributed by atoms with Gasteiger partial charge < -0.3 is 14.8 Å². The maximum Gasteiger partial charge on any atom is 0.330 e. The fraction of sp³-hybridized carbons (Fsp3) is 1.00. The Morgan fingerprint density at radius 2 is 1.79 bits per heavy atom. The van der Waals surface area contributed by atoms with Crippen molar-refractivity contribution in [3.8, 4) is 0 Å². The van der Waals surface area contributed by atoms with Gasteiger partial charge in [-0.15, -0.1) is 0 Å².